The molecule has 1 aromatic heterocycles. The SMILES string of the molecule is CC(C)C#Cc1ccc([C@H]2[C@H](CO)N3C(=O)CN(C(=O)c4ccccn4)C[C@@H]23)cc1. The van der Waals surface area contributed by atoms with E-state index >= 15 is 0 Å². The first kappa shape index (κ1) is 20.1. The van der Waals surface area contributed by atoms with Gasteiger partial charge in [0.15, 0.2) is 0 Å². The highest BCUT2D eigenvalue weighted by Gasteiger charge is 2.54. The van der Waals surface area contributed by atoms with Crippen molar-refractivity contribution < 1.29 is 14.7 Å². The first-order valence-corrected chi connectivity index (χ1v) is 10.2. The fourth-order valence-electron chi connectivity index (χ4n) is 4.32. The third-order valence-corrected chi connectivity index (χ3v) is 5.72. The van der Waals surface area contributed by atoms with Crippen LogP contribution in [0.4, 0.5) is 0 Å². The first-order chi connectivity index (χ1) is 14.5. The van der Waals surface area contributed by atoms with Crippen molar-refractivity contribution in [3.63, 3.8) is 0 Å². The summed E-state index contributed by atoms with van der Waals surface area (Å²) in [5.74, 6) is 6.21. The number of rotatable bonds is 3. The zero-order valence-electron chi connectivity index (χ0n) is 17.2. The highest BCUT2D eigenvalue weighted by Crippen LogP contribution is 2.43. The molecule has 6 nitrogen and oxygen atoms in total. The maximum atomic E-state index is 12.8. The van der Waals surface area contributed by atoms with E-state index in [0.29, 0.717) is 18.2 Å². The summed E-state index contributed by atoms with van der Waals surface area (Å²) in [5, 5.41) is 9.92. The molecule has 2 aliphatic heterocycles. The number of aliphatic hydroxyl groups excluding tert-OH is 1. The van der Waals surface area contributed by atoms with E-state index in [9.17, 15) is 14.7 Å². The largest absolute Gasteiger partial charge is 0.394 e. The van der Waals surface area contributed by atoms with Crippen molar-refractivity contribution in [1.82, 2.24) is 14.8 Å². The van der Waals surface area contributed by atoms with Crippen LogP contribution in [0.3, 0.4) is 0 Å². The van der Waals surface area contributed by atoms with Crippen LogP contribution >= 0.6 is 0 Å². The number of aromatic nitrogens is 1. The lowest BCUT2D eigenvalue weighted by Gasteiger charge is -2.58. The Morgan fingerprint density at radius 2 is 2.00 bits per heavy atom. The molecule has 0 radical (unpaired) electrons. The summed E-state index contributed by atoms with van der Waals surface area (Å²) in [4.78, 5) is 33.0. The molecule has 6 heteroatoms. The standard InChI is InChI=1S/C24H25N3O3/c1-16(2)6-7-17-8-10-18(11-9-17)23-20-13-26(14-22(29)27(20)21(23)15-28)24(30)19-5-3-4-12-25-19/h3-5,8-12,16,20-21,23,28H,13-15H2,1-2H3/t20-,21-,23+/m0/s1. The number of carbonyl (C=O) groups excluding carboxylic acids is 2. The Hall–Kier alpha value is -3.17. The van der Waals surface area contributed by atoms with Crippen molar-refractivity contribution >= 4 is 11.8 Å². The van der Waals surface area contributed by atoms with Gasteiger partial charge in [-0.2, -0.15) is 0 Å². The molecule has 2 aliphatic rings. The molecule has 30 heavy (non-hydrogen) atoms. The summed E-state index contributed by atoms with van der Waals surface area (Å²) in [5.41, 5.74) is 2.32. The van der Waals surface area contributed by atoms with Gasteiger partial charge in [-0.15, -0.1) is 0 Å². The van der Waals surface area contributed by atoms with E-state index in [1.165, 1.54) is 0 Å². The van der Waals surface area contributed by atoms with Crippen LogP contribution in [0.15, 0.2) is 48.7 Å². The second kappa shape index (κ2) is 8.29. The lowest BCUT2D eigenvalue weighted by molar-refractivity contribution is -0.159. The molecule has 0 unspecified atom stereocenters. The smallest absolute Gasteiger partial charge is 0.272 e. The topological polar surface area (TPSA) is 73.7 Å². The van der Waals surface area contributed by atoms with Crippen LogP contribution in [0, 0.1) is 17.8 Å². The number of benzene rings is 1. The fraction of sp³-hybridized carbons (Fsp3) is 0.375. The van der Waals surface area contributed by atoms with Gasteiger partial charge in [0.1, 0.15) is 12.2 Å². The summed E-state index contributed by atoms with van der Waals surface area (Å²) in [6.45, 7) is 4.44. The van der Waals surface area contributed by atoms with Crippen molar-refractivity contribution in [2.75, 3.05) is 19.7 Å². The van der Waals surface area contributed by atoms with Gasteiger partial charge in [0.25, 0.3) is 5.91 Å². The number of amides is 2. The highest BCUT2D eigenvalue weighted by atomic mass is 16.3. The molecule has 4 rings (SSSR count). The molecule has 0 bridgehead atoms. The van der Waals surface area contributed by atoms with Gasteiger partial charge in [0.05, 0.1) is 18.7 Å². The molecule has 2 saturated heterocycles. The minimum Gasteiger partial charge on any atom is -0.394 e. The Bertz CT molecular complexity index is 992. The minimum absolute atomic E-state index is 0.0128. The van der Waals surface area contributed by atoms with Crippen LogP contribution in [-0.4, -0.2) is 63.5 Å². The van der Waals surface area contributed by atoms with Gasteiger partial charge in [-0.25, -0.2) is 0 Å². The van der Waals surface area contributed by atoms with Crippen molar-refractivity contribution in [1.29, 1.82) is 0 Å². The summed E-state index contributed by atoms with van der Waals surface area (Å²) in [7, 11) is 0. The molecule has 1 N–H and O–H groups in total. The molecule has 0 spiro atoms. The maximum Gasteiger partial charge on any atom is 0.272 e. The Balaban J connectivity index is 1.55. The van der Waals surface area contributed by atoms with Crippen molar-refractivity contribution in [2.45, 2.75) is 31.8 Å². The Morgan fingerprint density at radius 3 is 2.63 bits per heavy atom. The first-order valence-electron chi connectivity index (χ1n) is 10.2. The van der Waals surface area contributed by atoms with Gasteiger partial charge in [0, 0.05) is 30.1 Å². The number of hydrogen-bond donors (Lipinski definition) is 1. The Kier molecular flexibility index (Phi) is 5.56. The second-order valence-electron chi connectivity index (χ2n) is 8.09. The molecule has 3 heterocycles. The van der Waals surface area contributed by atoms with Gasteiger partial charge in [-0.3, -0.25) is 14.6 Å². The zero-order chi connectivity index (χ0) is 21.3. The van der Waals surface area contributed by atoms with Crippen LogP contribution in [-0.2, 0) is 4.79 Å². The van der Waals surface area contributed by atoms with Crippen LogP contribution in [0.5, 0.6) is 0 Å². The molecule has 2 fully saturated rings. The van der Waals surface area contributed by atoms with Crippen molar-refractivity contribution in [2.24, 2.45) is 5.92 Å². The molecule has 2 amide bonds. The summed E-state index contributed by atoms with van der Waals surface area (Å²) < 4.78 is 0. The molecule has 154 valence electrons. The number of pyridine rings is 1. The van der Waals surface area contributed by atoms with E-state index < -0.39 is 0 Å². The lowest BCUT2D eigenvalue weighted by Crippen LogP contribution is -2.73. The van der Waals surface area contributed by atoms with Crippen LogP contribution < -0.4 is 0 Å². The fourth-order valence-corrected chi connectivity index (χ4v) is 4.32. The molecule has 0 saturated carbocycles. The summed E-state index contributed by atoms with van der Waals surface area (Å²) in [6.07, 6.45) is 1.57. The normalized spacial score (nSPS) is 22.8. The molecule has 1 aromatic carbocycles. The molecular weight excluding hydrogens is 378 g/mol. The van der Waals surface area contributed by atoms with Gasteiger partial charge >= 0.3 is 0 Å². The van der Waals surface area contributed by atoms with Crippen LogP contribution in [0.1, 0.15) is 41.4 Å². The molecule has 0 aliphatic carbocycles. The monoisotopic (exact) mass is 403 g/mol. The number of hydrogen-bond acceptors (Lipinski definition) is 4. The van der Waals surface area contributed by atoms with Gasteiger partial charge in [0.2, 0.25) is 5.91 Å². The predicted octanol–water partition coefficient (Wildman–Crippen LogP) is 1.90. The van der Waals surface area contributed by atoms with Gasteiger partial charge in [-0.05, 0) is 29.8 Å². The quantitative estimate of drug-likeness (QED) is 0.795. The number of aliphatic hydroxyl groups is 1. The van der Waals surface area contributed by atoms with Crippen LogP contribution in [0.25, 0.3) is 0 Å². The average molecular weight is 403 g/mol. The van der Waals surface area contributed by atoms with Gasteiger partial charge < -0.3 is 14.9 Å². The van der Waals surface area contributed by atoms with E-state index in [1.807, 2.05) is 38.1 Å². The zero-order valence-corrected chi connectivity index (χ0v) is 17.2. The molecule has 2 aromatic rings. The average Bonchev–Trinajstić information content (AvgIpc) is 2.74. The third-order valence-electron chi connectivity index (χ3n) is 5.72. The molecular formula is C24H25N3O3. The van der Waals surface area contributed by atoms with E-state index in [4.69, 9.17) is 0 Å². The third kappa shape index (κ3) is 3.69. The maximum absolute atomic E-state index is 12.8. The number of carbonyl (C=O) groups is 2. The summed E-state index contributed by atoms with van der Waals surface area (Å²) in [6, 6.07) is 12.7. The lowest BCUT2D eigenvalue weighted by atomic mass is 9.73. The molecule has 3 atom stereocenters. The van der Waals surface area contributed by atoms with E-state index in [1.54, 1.807) is 34.2 Å². The highest BCUT2D eigenvalue weighted by molar-refractivity contribution is 5.96. The Labute approximate surface area is 176 Å². The summed E-state index contributed by atoms with van der Waals surface area (Å²) >= 11 is 0. The number of nitrogens with zero attached hydrogens (tertiary/aromatic N) is 3. The second-order valence-corrected chi connectivity index (χ2v) is 8.09. The van der Waals surface area contributed by atoms with E-state index in [-0.39, 0.29) is 43.0 Å². The van der Waals surface area contributed by atoms with Crippen molar-refractivity contribution in [3.05, 3.63) is 65.5 Å². The number of piperazine rings is 1. The van der Waals surface area contributed by atoms with Crippen LogP contribution in [0.2, 0.25) is 0 Å². The van der Waals surface area contributed by atoms with Gasteiger partial charge in [-0.1, -0.05) is 43.9 Å². The number of fused-ring (bicyclic) bond motifs is 1. The minimum atomic E-state index is -0.262. The van der Waals surface area contributed by atoms with E-state index in [0.717, 1.165) is 11.1 Å². The van der Waals surface area contributed by atoms with Crippen molar-refractivity contribution in [3.8, 4) is 11.8 Å². The Morgan fingerprint density at radius 1 is 1.23 bits per heavy atom. The predicted molar refractivity (Wildman–Crippen MR) is 113 cm³/mol. The van der Waals surface area contributed by atoms with E-state index in [2.05, 4.69) is 16.8 Å².